The van der Waals surface area contributed by atoms with Crippen LogP contribution in [-0.4, -0.2) is 10.7 Å². The zero-order chi connectivity index (χ0) is 13.7. The third-order valence-corrected chi connectivity index (χ3v) is 5.35. The molecule has 1 aromatic heterocycles. The Balaban J connectivity index is 1.91. The van der Waals surface area contributed by atoms with Crippen molar-refractivity contribution in [2.24, 2.45) is 0 Å². The van der Waals surface area contributed by atoms with Crippen LogP contribution in [0, 0.1) is 0 Å². The van der Waals surface area contributed by atoms with E-state index in [1.807, 2.05) is 36.4 Å². The van der Waals surface area contributed by atoms with Gasteiger partial charge in [-0.1, -0.05) is 62.2 Å². The Morgan fingerprint density at radius 2 is 1.89 bits per heavy atom. The summed E-state index contributed by atoms with van der Waals surface area (Å²) in [5.41, 5.74) is 1.05. The van der Waals surface area contributed by atoms with Gasteiger partial charge < -0.3 is 9.73 Å². The zero-order valence-electron chi connectivity index (χ0n) is 10.1. The molecule has 2 aromatic rings. The van der Waals surface area contributed by atoms with Crippen molar-refractivity contribution in [1.29, 1.82) is 0 Å². The van der Waals surface area contributed by atoms with Crippen LogP contribution in [-0.2, 0) is 11.3 Å². The van der Waals surface area contributed by atoms with Crippen molar-refractivity contribution < 1.29 is 9.21 Å². The van der Waals surface area contributed by atoms with Gasteiger partial charge in [-0.25, -0.2) is 0 Å². The molecule has 0 fully saturated rings. The molecule has 1 N–H and O–H groups in total. The highest BCUT2D eigenvalue weighted by Crippen LogP contribution is 2.31. The van der Waals surface area contributed by atoms with Gasteiger partial charge in [-0.3, -0.25) is 4.79 Å². The van der Waals surface area contributed by atoms with Crippen LogP contribution >= 0.6 is 31.9 Å². The molecule has 0 bridgehead atoms. The van der Waals surface area contributed by atoms with E-state index < -0.39 is 0 Å². The third kappa shape index (κ3) is 3.94. The average molecular weight is 387 g/mol. The molecule has 0 spiro atoms. The first-order chi connectivity index (χ1) is 9.18. The van der Waals surface area contributed by atoms with Crippen molar-refractivity contribution in [3.8, 4) is 0 Å². The SMILES string of the molecule is O=C(NCc1ccco1)[C@H](Br)[C@H](Br)c1ccccc1. The molecule has 2 rings (SSSR count). The molecular formula is C14H13Br2NO2. The highest BCUT2D eigenvalue weighted by Gasteiger charge is 2.24. The molecule has 0 unspecified atom stereocenters. The molecule has 0 saturated heterocycles. The number of rotatable bonds is 5. The minimum atomic E-state index is -0.343. The molecule has 1 aromatic carbocycles. The Morgan fingerprint density at radius 1 is 1.16 bits per heavy atom. The summed E-state index contributed by atoms with van der Waals surface area (Å²) in [7, 11) is 0. The van der Waals surface area contributed by atoms with E-state index in [1.165, 1.54) is 0 Å². The minimum absolute atomic E-state index is 0.0784. The summed E-state index contributed by atoms with van der Waals surface area (Å²) in [5.74, 6) is 0.654. The summed E-state index contributed by atoms with van der Waals surface area (Å²) >= 11 is 6.96. The first kappa shape index (κ1) is 14.3. The van der Waals surface area contributed by atoms with E-state index in [0.717, 1.165) is 11.3 Å². The van der Waals surface area contributed by atoms with Crippen LogP contribution < -0.4 is 5.32 Å². The number of benzene rings is 1. The number of alkyl halides is 2. The van der Waals surface area contributed by atoms with Crippen molar-refractivity contribution in [1.82, 2.24) is 5.32 Å². The smallest absolute Gasteiger partial charge is 0.235 e. The van der Waals surface area contributed by atoms with E-state index >= 15 is 0 Å². The quantitative estimate of drug-likeness (QED) is 0.794. The first-order valence-electron chi connectivity index (χ1n) is 5.81. The summed E-state index contributed by atoms with van der Waals surface area (Å²) < 4.78 is 5.17. The van der Waals surface area contributed by atoms with Gasteiger partial charge in [0.05, 0.1) is 17.6 Å². The molecule has 0 saturated carbocycles. The highest BCUT2D eigenvalue weighted by molar-refractivity contribution is 9.12. The molecule has 1 heterocycles. The number of carbonyl (C=O) groups excluding carboxylic acids is 1. The number of halogens is 2. The summed E-state index contributed by atoms with van der Waals surface area (Å²) in [6.45, 7) is 0.391. The standard InChI is InChI=1S/C14H13Br2NO2/c15-12(10-5-2-1-3-6-10)13(16)14(18)17-9-11-7-4-8-19-11/h1-8,12-13H,9H2,(H,17,18)/t12-,13-/m1/s1. The zero-order valence-corrected chi connectivity index (χ0v) is 13.2. The number of hydrogen-bond acceptors (Lipinski definition) is 2. The van der Waals surface area contributed by atoms with Gasteiger partial charge >= 0.3 is 0 Å². The van der Waals surface area contributed by atoms with E-state index in [9.17, 15) is 4.79 Å². The van der Waals surface area contributed by atoms with Gasteiger partial charge in [0.25, 0.3) is 0 Å². The molecule has 3 nitrogen and oxygen atoms in total. The van der Waals surface area contributed by atoms with E-state index in [1.54, 1.807) is 12.3 Å². The highest BCUT2D eigenvalue weighted by atomic mass is 79.9. The Bertz CT molecular complexity index is 514. The fraction of sp³-hybridized carbons (Fsp3) is 0.214. The maximum Gasteiger partial charge on any atom is 0.235 e. The predicted molar refractivity (Wildman–Crippen MR) is 81.4 cm³/mol. The number of amides is 1. The van der Waals surface area contributed by atoms with Gasteiger partial charge in [-0.05, 0) is 17.7 Å². The van der Waals surface area contributed by atoms with Crippen LogP contribution in [0.3, 0.4) is 0 Å². The van der Waals surface area contributed by atoms with Gasteiger partial charge in [0.15, 0.2) is 0 Å². The van der Waals surface area contributed by atoms with E-state index in [0.29, 0.717) is 6.54 Å². The minimum Gasteiger partial charge on any atom is -0.467 e. The molecule has 19 heavy (non-hydrogen) atoms. The Kier molecular flexibility index (Phi) is 5.22. The van der Waals surface area contributed by atoms with Crippen molar-refractivity contribution >= 4 is 37.8 Å². The number of hydrogen-bond donors (Lipinski definition) is 1. The van der Waals surface area contributed by atoms with Crippen molar-refractivity contribution in [2.75, 3.05) is 0 Å². The second kappa shape index (κ2) is 6.91. The largest absolute Gasteiger partial charge is 0.467 e. The Labute approximate surface area is 128 Å². The molecule has 0 aliphatic rings. The Morgan fingerprint density at radius 3 is 2.53 bits per heavy atom. The second-order valence-corrected chi connectivity index (χ2v) is 5.98. The fourth-order valence-corrected chi connectivity index (χ4v) is 2.64. The maximum absolute atomic E-state index is 12.0. The van der Waals surface area contributed by atoms with Crippen LogP contribution in [0.1, 0.15) is 16.2 Å². The van der Waals surface area contributed by atoms with E-state index in [-0.39, 0.29) is 15.6 Å². The van der Waals surface area contributed by atoms with Crippen LogP contribution in [0.15, 0.2) is 53.1 Å². The lowest BCUT2D eigenvalue weighted by Gasteiger charge is -2.16. The lowest BCUT2D eigenvalue weighted by molar-refractivity contribution is -0.120. The Hall–Kier alpha value is -1.07. The average Bonchev–Trinajstić information content (AvgIpc) is 2.97. The number of nitrogens with one attached hydrogen (secondary N) is 1. The maximum atomic E-state index is 12.0. The lowest BCUT2D eigenvalue weighted by Crippen LogP contribution is -2.32. The van der Waals surface area contributed by atoms with Gasteiger partial charge in [0, 0.05) is 0 Å². The normalized spacial score (nSPS) is 13.8. The van der Waals surface area contributed by atoms with Gasteiger partial charge in [0.2, 0.25) is 5.91 Å². The van der Waals surface area contributed by atoms with E-state index in [4.69, 9.17) is 4.42 Å². The van der Waals surface area contributed by atoms with Crippen LogP contribution in [0.2, 0.25) is 0 Å². The molecule has 5 heteroatoms. The van der Waals surface area contributed by atoms with Crippen LogP contribution in [0.5, 0.6) is 0 Å². The van der Waals surface area contributed by atoms with Crippen molar-refractivity contribution in [3.05, 3.63) is 60.1 Å². The summed E-state index contributed by atoms with van der Waals surface area (Å²) in [5, 5.41) is 2.83. The second-order valence-electron chi connectivity index (χ2n) is 4.01. The topological polar surface area (TPSA) is 42.2 Å². The summed E-state index contributed by atoms with van der Waals surface area (Å²) in [6.07, 6.45) is 1.59. The monoisotopic (exact) mass is 385 g/mol. The summed E-state index contributed by atoms with van der Waals surface area (Å²) in [6, 6.07) is 13.4. The number of furan rings is 1. The van der Waals surface area contributed by atoms with Crippen molar-refractivity contribution in [3.63, 3.8) is 0 Å². The number of carbonyl (C=O) groups is 1. The molecule has 100 valence electrons. The molecule has 0 aliphatic carbocycles. The summed E-state index contributed by atoms with van der Waals surface area (Å²) in [4.78, 5) is 11.6. The van der Waals surface area contributed by atoms with E-state index in [2.05, 4.69) is 37.2 Å². The lowest BCUT2D eigenvalue weighted by atomic mass is 10.1. The molecular weight excluding hydrogens is 374 g/mol. The molecule has 2 atom stereocenters. The third-order valence-electron chi connectivity index (χ3n) is 2.64. The fourth-order valence-electron chi connectivity index (χ4n) is 1.62. The predicted octanol–water partition coefficient (Wildman–Crippen LogP) is 3.80. The van der Waals surface area contributed by atoms with Gasteiger partial charge in [-0.2, -0.15) is 0 Å². The van der Waals surface area contributed by atoms with Gasteiger partial charge in [-0.15, -0.1) is 0 Å². The molecule has 0 aliphatic heterocycles. The van der Waals surface area contributed by atoms with Crippen LogP contribution in [0.4, 0.5) is 0 Å². The molecule has 0 radical (unpaired) electrons. The van der Waals surface area contributed by atoms with Gasteiger partial charge in [0.1, 0.15) is 10.6 Å². The molecule has 1 amide bonds. The van der Waals surface area contributed by atoms with Crippen LogP contribution in [0.25, 0.3) is 0 Å². The van der Waals surface area contributed by atoms with Crippen molar-refractivity contribution in [2.45, 2.75) is 16.2 Å². The first-order valence-corrected chi connectivity index (χ1v) is 7.65.